The molecule has 1 heterocycles. The number of ether oxygens (including phenoxy) is 1. The van der Waals surface area contributed by atoms with Crippen molar-refractivity contribution in [2.75, 3.05) is 52.0 Å². The summed E-state index contributed by atoms with van der Waals surface area (Å²) in [5.74, 6) is 2.06. The van der Waals surface area contributed by atoms with Crippen LogP contribution in [0.3, 0.4) is 0 Å². The third-order valence-corrected chi connectivity index (χ3v) is 4.45. The molecular weight excluding hydrogens is 274 g/mol. The SMILES string of the molecule is CN=C(NCCCCSC)NCC1(CCO)CCOC1. The lowest BCUT2D eigenvalue weighted by molar-refractivity contribution is 0.127. The second-order valence-corrected chi connectivity index (χ2v) is 6.31. The van der Waals surface area contributed by atoms with E-state index >= 15 is 0 Å². The Hall–Kier alpha value is -0.460. The highest BCUT2D eigenvalue weighted by Crippen LogP contribution is 2.31. The van der Waals surface area contributed by atoms with Gasteiger partial charge < -0.3 is 20.5 Å². The van der Waals surface area contributed by atoms with E-state index in [4.69, 9.17) is 4.74 Å². The van der Waals surface area contributed by atoms with E-state index in [0.29, 0.717) is 0 Å². The topological polar surface area (TPSA) is 65.9 Å². The van der Waals surface area contributed by atoms with Crippen LogP contribution < -0.4 is 10.6 Å². The molecule has 118 valence electrons. The maximum absolute atomic E-state index is 9.21. The molecule has 0 bridgehead atoms. The molecule has 0 aromatic carbocycles. The zero-order valence-corrected chi connectivity index (χ0v) is 13.6. The van der Waals surface area contributed by atoms with Crippen LogP contribution in [0.2, 0.25) is 0 Å². The van der Waals surface area contributed by atoms with Gasteiger partial charge in [-0.3, -0.25) is 4.99 Å². The highest BCUT2D eigenvalue weighted by Gasteiger charge is 2.34. The highest BCUT2D eigenvalue weighted by molar-refractivity contribution is 7.98. The average Bonchev–Trinajstić information content (AvgIpc) is 2.91. The molecule has 1 fully saturated rings. The first-order valence-corrected chi connectivity index (χ1v) is 8.78. The van der Waals surface area contributed by atoms with Gasteiger partial charge >= 0.3 is 0 Å². The Labute approximate surface area is 127 Å². The summed E-state index contributed by atoms with van der Waals surface area (Å²) < 4.78 is 5.49. The standard InChI is InChI=1S/C14H29N3O2S/c1-15-13(16-7-3-4-10-20-2)17-11-14(5-8-18)6-9-19-12-14/h18H,3-12H2,1-2H3,(H2,15,16,17). The zero-order chi connectivity index (χ0) is 14.7. The lowest BCUT2D eigenvalue weighted by Gasteiger charge is -2.27. The van der Waals surface area contributed by atoms with E-state index in [1.807, 2.05) is 11.8 Å². The van der Waals surface area contributed by atoms with Crippen molar-refractivity contribution >= 4 is 17.7 Å². The van der Waals surface area contributed by atoms with Crippen LogP contribution in [0, 0.1) is 5.41 Å². The molecule has 5 nitrogen and oxygen atoms in total. The Kier molecular flexibility index (Phi) is 9.05. The normalized spacial score (nSPS) is 23.1. The van der Waals surface area contributed by atoms with Gasteiger partial charge in [0.05, 0.1) is 6.61 Å². The number of unbranched alkanes of at least 4 members (excludes halogenated alkanes) is 1. The van der Waals surface area contributed by atoms with Crippen molar-refractivity contribution < 1.29 is 9.84 Å². The van der Waals surface area contributed by atoms with Crippen molar-refractivity contribution in [2.24, 2.45) is 10.4 Å². The van der Waals surface area contributed by atoms with Gasteiger partial charge in [-0.15, -0.1) is 0 Å². The molecule has 0 aromatic heterocycles. The molecule has 1 unspecified atom stereocenters. The number of aliphatic hydroxyl groups is 1. The minimum Gasteiger partial charge on any atom is -0.396 e. The summed E-state index contributed by atoms with van der Waals surface area (Å²) in [4.78, 5) is 4.24. The molecule has 6 heteroatoms. The number of nitrogens with one attached hydrogen (secondary N) is 2. The molecule has 0 saturated carbocycles. The van der Waals surface area contributed by atoms with E-state index in [1.165, 1.54) is 12.2 Å². The van der Waals surface area contributed by atoms with E-state index < -0.39 is 0 Å². The second-order valence-electron chi connectivity index (χ2n) is 5.33. The van der Waals surface area contributed by atoms with Gasteiger partial charge in [-0.1, -0.05) is 0 Å². The van der Waals surface area contributed by atoms with E-state index in [-0.39, 0.29) is 12.0 Å². The molecule has 1 atom stereocenters. The maximum Gasteiger partial charge on any atom is 0.190 e. The molecule has 1 rings (SSSR count). The van der Waals surface area contributed by atoms with Gasteiger partial charge in [-0.25, -0.2) is 0 Å². The van der Waals surface area contributed by atoms with Gasteiger partial charge in [0, 0.05) is 38.8 Å². The Balaban J connectivity index is 2.26. The van der Waals surface area contributed by atoms with Crippen LogP contribution in [0.25, 0.3) is 0 Å². The minimum absolute atomic E-state index is 0.0607. The molecule has 3 N–H and O–H groups in total. The molecule has 0 aliphatic carbocycles. The van der Waals surface area contributed by atoms with Crippen LogP contribution in [0.5, 0.6) is 0 Å². The summed E-state index contributed by atoms with van der Waals surface area (Å²) in [6.07, 6.45) is 6.31. The summed E-state index contributed by atoms with van der Waals surface area (Å²) >= 11 is 1.89. The van der Waals surface area contributed by atoms with Crippen molar-refractivity contribution in [3.63, 3.8) is 0 Å². The van der Waals surface area contributed by atoms with Crippen LogP contribution in [-0.2, 0) is 4.74 Å². The first-order valence-electron chi connectivity index (χ1n) is 7.38. The number of nitrogens with zero attached hydrogens (tertiary/aromatic N) is 1. The molecule has 0 radical (unpaired) electrons. The third-order valence-electron chi connectivity index (χ3n) is 3.75. The number of guanidine groups is 1. The Morgan fingerprint density at radius 1 is 1.40 bits per heavy atom. The summed E-state index contributed by atoms with van der Waals surface area (Å²) in [7, 11) is 1.79. The largest absolute Gasteiger partial charge is 0.396 e. The van der Waals surface area contributed by atoms with Crippen LogP contribution in [0.1, 0.15) is 25.7 Å². The van der Waals surface area contributed by atoms with Crippen molar-refractivity contribution in [2.45, 2.75) is 25.7 Å². The first kappa shape index (κ1) is 17.6. The fraction of sp³-hybridized carbons (Fsp3) is 0.929. The van der Waals surface area contributed by atoms with Crippen molar-refractivity contribution in [3.8, 4) is 0 Å². The molecule has 1 aliphatic rings. The average molecular weight is 303 g/mol. The van der Waals surface area contributed by atoms with E-state index in [0.717, 1.165) is 51.5 Å². The predicted molar refractivity (Wildman–Crippen MR) is 86.6 cm³/mol. The summed E-state index contributed by atoms with van der Waals surface area (Å²) in [5, 5.41) is 15.9. The molecule has 0 amide bonds. The van der Waals surface area contributed by atoms with Gasteiger partial charge in [0.2, 0.25) is 0 Å². The molecule has 20 heavy (non-hydrogen) atoms. The lowest BCUT2D eigenvalue weighted by atomic mass is 9.84. The van der Waals surface area contributed by atoms with Crippen molar-refractivity contribution in [1.82, 2.24) is 10.6 Å². The van der Waals surface area contributed by atoms with Gasteiger partial charge in [0.25, 0.3) is 0 Å². The van der Waals surface area contributed by atoms with E-state index in [2.05, 4.69) is 21.9 Å². The zero-order valence-electron chi connectivity index (χ0n) is 12.8. The fourth-order valence-electron chi connectivity index (χ4n) is 2.38. The van der Waals surface area contributed by atoms with E-state index in [1.54, 1.807) is 7.05 Å². The number of hydrogen-bond acceptors (Lipinski definition) is 4. The smallest absolute Gasteiger partial charge is 0.190 e. The second kappa shape index (κ2) is 10.3. The summed E-state index contributed by atoms with van der Waals surface area (Å²) in [6, 6.07) is 0. The summed E-state index contributed by atoms with van der Waals surface area (Å²) in [6.45, 7) is 3.49. The number of aliphatic imine (C=N–C) groups is 1. The number of rotatable bonds is 9. The van der Waals surface area contributed by atoms with Crippen LogP contribution >= 0.6 is 11.8 Å². The fourth-order valence-corrected chi connectivity index (χ4v) is 2.87. The van der Waals surface area contributed by atoms with Crippen molar-refractivity contribution in [3.05, 3.63) is 0 Å². The highest BCUT2D eigenvalue weighted by atomic mass is 32.2. The number of aliphatic hydroxyl groups excluding tert-OH is 1. The quantitative estimate of drug-likeness (QED) is 0.338. The number of hydrogen-bond donors (Lipinski definition) is 3. The molecular formula is C14H29N3O2S. The third kappa shape index (κ3) is 6.33. The van der Waals surface area contributed by atoms with E-state index in [9.17, 15) is 5.11 Å². The van der Waals surface area contributed by atoms with Crippen LogP contribution in [0.15, 0.2) is 4.99 Å². The van der Waals surface area contributed by atoms with Crippen LogP contribution in [-0.4, -0.2) is 63.0 Å². The molecule has 0 aromatic rings. The Morgan fingerprint density at radius 3 is 2.85 bits per heavy atom. The van der Waals surface area contributed by atoms with Gasteiger partial charge in [0.1, 0.15) is 0 Å². The first-order chi connectivity index (χ1) is 9.76. The predicted octanol–water partition coefficient (Wildman–Crippen LogP) is 1.08. The lowest BCUT2D eigenvalue weighted by Crippen LogP contribution is -2.44. The summed E-state index contributed by atoms with van der Waals surface area (Å²) in [5.41, 5.74) is 0.0607. The van der Waals surface area contributed by atoms with Crippen LogP contribution in [0.4, 0.5) is 0 Å². The molecule has 0 spiro atoms. The van der Waals surface area contributed by atoms with Gasteiger partial charge in [-0.05, 0) is 37.7 Å². The Bertz CT molecular complexity index is 282. The monoisotopic (exact) mass is 303 g/mol. The maximum atomic E-state index is 9.21. The molecule has 1 saturated heterocycles. The minimum atomic E-state index is 0.0607. The molecule has 1 aliphatic heterocycles. The van der Waals surface area contributed by atoms with Gasteiger partial charge in [-0.2, -0.15) is 11.8 Å². The van der Waals surface area contributed by atoms with Gasteiger partial charge in [0.15, 0.2) is 5.96 Å². The Morgan fingerprint density at radius 2 is 2.25 bits per heavy atom. The number of thioether (sulfide) groups is 1. The van der Waals surface area contributed by atoms with Crippen molar-refractivity contribution in [1.29, 1.82) is 0 Å².